The van der Waals surface area contributed by atoms with Crippen LogP contribution in [0.4, 0.5) is 0 Å². The molecule has 1 heterocycles. The summed E-state index contributed by atoms with van der Waals surface area (Å²) in [6.07, 6.45) is 2.18. The van der Waals surface area contributed by atoms with Crippen LogP contribution in [-0.2, 0) is 22.3 Å². The number of methoxy groups -OCH3 is 1. The number of aliphatic hydroxyl groups excluding tert-OH is 1. The minimum absolute atomic E-state index is 0.305. The summed E-state index contributed by atoms with van der Waals surface area (Å²) in [6, 6.07) is 4.25. The maximum absolute atomic E-state index is 9.84. The quantitative estimate of drug-likeness (QED) is 0.691. The molecule has 0 aliphatic heterocycles. The molecule has 3 nitrogen and oxygen atoms in total. The topological polar surface area (TPSA) is 38.7 Å². The number of thiophene rings is 1. The van der Waals surface area contributed by atoms with Gasteiger partial charge >= 0.3 is 0 Å². The Hall–Kier alpha value is -0.420. The summed E-state index contributed by atoms with van der Waals surface area (Å²) < 4.78 is 10.2. The lowest BCUT2D eigenvalue weighted by Crippen LogP contribution is -2.14. The molecule has 0 spiro atoms. The van der Waals surface area contributed by atoms with Crippen LogP contribution in [0.15, 0.2) is 12.1 Å². The maximum Gasteiger partial charge on any atom is 0.0700 e. The largest absolute Gasteiger partial charge is 0.393 e. The van der Waals surface area contributed by atoms with E-state index in [2.05, 4.69) is 19.1 Å². The van der Waals surface area contributed by atoms with Crippen LogP contribution in [-0.4, -0.2) is 38.1 Å². The SMILES string of the molecule is CCc1ccc(CC(O)CCOCCOC)s1. The lowest BCUT2D eigenvalue weighted by molar-refractivity contribution is 0.0480. The Bertz CT molecular complexity index is 299. The van der Waals surface area contributed by atoms with Gasteiger partial charge in [0.05, 0.1) is 19.3 Å². The van der Waals surface area contributed by atoms with Crippen LogP contribution in [0.5, 0.6) is 0 Å². The molecule has 0 saturated heterocycles. The average molecular weight is 258 g/mol. The molecule has 1 aromatic heterocycles. The predicted molar refractivity (Wildman–Crippen MR) is 70.7 cm³/mol. The summed E-state index contributed by atoms with van der Waals surface area (Å²) >= 11 is 1.79. The van der Waals surface area contributed by atoms with Gasteiger partial charge in [0.1, 0.15) is 0 Å². The highest BCUT2D eigenvalue weighted by Gasteiger charge is 2.07. The molecule has 1 rings (SSSR count). The molecule has 4 heteroatoms. The van der Waals surface area contributed by atoms with Crippen molar-refractivity contribution in [3.05, 3.63) is 21.9 Å². The number of rotatable bonds is 9. The van der Waals surface area contributed by atoms with Crippen LogP contribution in [0.3, 0.4) is 0 Å². The zero-order valence-electron chi connectivity index (χ0n) is 10.6. The predicted octanol–water partition coefficient (Wildman–Crippen LogP) is 2.27. The molecule has 0 fully saturated rings. The summed E-state index contributed by atoms with van der Waals surface area (Å²) in [6.45, 7) is 3.95. The molecule has 1 atom stereocenters. The van der Waals surface area contributed by atoms with Gasteiger partial charge in [-0.25, -0.2) is 0 Å². The third-order valence-electron chi connectivity index (χ3n) is 2.53. The Balaban J connectivity index is 2.13. The zero-order valence-corrected chi connectivity index (χ0v) is 11.5. The molecule has 0 aliphatic rings. The summed E-state index contributed by atoms with van der Waals surface area (Å²) in [5.41, 5.74) is 0. The first kappa shape index (κ1) is 14.6. The molecule has 1 N–H and O–H groups in total. The minimum atomic E-state index is -0.305. The Labute approximate surface area is 107 Å². The Morgan fingerprint density at radius 1 is 1.24 bits per heavy atom. The van der Waals surface area contributed by atoms with Crippen molar-refractivity contribution in [3.8, 4) is 0 Å². The van der Waals surface area contributed by atoms with Crippen LogP contribution >= 0.6 is 11.3 Å². The van der Waals surface area contributed by atoms with Crippen LogP contribution in [0.2, 0.25) is 0 Å². The highest BCUT2D eigenvalue weighted by Crippen LogP contribution is 2.19. The van der Waals surface area contributed by atoms with Crippen molar-refractivity contribution in [2.45, 2.75) is 32.3 Å². The number of hydrogen-bond acceptors (Lipinski definition) is 4. The fourth-order valence-corrected chi connectivity index (χ4v) is 2.55. The maximum atomic E-state index is 9.84. The van der Waals surface area contributed by atoms with Crippen LogP contribution in [0.1, 0.15) is 23.1 Å². The van der Waals surface area contributed by atoms with E-state index >= 15 is 0 Å². The first-order chi connectivity index (χ1) is 8.26. The van der Waals surface area contributed by atoms with E-state index in [0.717, 1.165) is 12.8 Å². The van der Waals surface area contributed by atoms with E-state index in [-0.39, 0.29) is 6.10 Å². The molecule has 0 saturated carbocycles. The number of aryl methyl sites for hydroxylation is 1. The van der Waals surface area contributed by atoms with Crippen molar-refractivity contribution in [2.75, 3.05) is 26.9 Å². The van der Waals surface area contributed by atoms with E-state index in [1.807, 2.05) is 0 Å². The van der Waals surface area contributed by atoms with E-state index in [1.54, 1.807) is 18.4 Å². The summed E-state index contributed by atoms with van der Waals surface area (Å²) in [5.74, 6) is 0. The average Bonchev–Trinajstić information content (AvgIpc) is 2.76. The number of ether oxygens (including phenoxy) is 2. The molecule has 0 aromatic carbocycles. The molecule has 0 radical (unpaired) electrons. The summed E-state index contributed by atoms with van der Waals surface area (Å²) in [5, 5.41) is 9.84. The molecular weight excluding hydrogens is 236 g/mol. The molecule has 1 unspecified atom stereocenters. The molecule has 17 heavy (non-hydrogen) atoms. The second-order valence-corrected chi connectivity index (χ2v) is 5.23. The first-order valence-corrected chi connectivity index (χ1v) is 6.90. The van der Waals surface area contributed by atoms with Gasteiger partial charge in [0, 0.05) is 29.9 Å². The highest BCUT2D eigenvalue weighted by atomic mass is 32.1. The standard InChI is InChI=1S/C13H22O3S/c1-3-12-4-5-13(17-12)10-11(14)6-7-16-9-8-15-2/h4-5,11,14H,3,6-10H2,1-2H3. The Kier molecular flexibility index (Phi) is 7.44. The smallest absolute Gasteiger partial charge is 0.0700 e. The van der Waals surface area contributed by atoms with Crippen LogP contribution < -0.4 is 0 Å². The number of aliphatic hydroxyl groups is 1. The normalized spacial score (nSPS) is 12.9. The van der Waals surface area contributed by atoms with Crippen molar-refractivity contribution in [3.63, 3.8) is 0 Å². The van der Waals surface area contributed by atoms with Crippen molar-refractivity contribution in [2.24, 2.45) is 0 Å². The second kappa shape index (κ2) is 8.64. The van der Waals surface area contributed by atoms with Gasteiger partial charge in [-0.2, -0.15) is 0 Å². The minimum Gasteiger partial charge on any atom is -0.393 e. The first-order valence-electron chi connectivity index (χ1n) is 6.08. The Morgan fingerprint density at radius 2 is 2.00 bits per heavy atom. The second-order valence-electron chi connectivity index (χ2n) is 3.97. The van der Waals surface area contributed by atoms with Gasteiger partial charge < -0.3 is 14.6 Å². The van der Waals surface area contributed by atoms with Crippen LogP contribution in [0, 0.1) is 0 Å². The van der Waals surface area contributed by atoms with E-state index in [0.29, 0.717) is 26.2 Å². The van der Waals surface area contributed by atoms with Crippen molar-refractivity contribution >= 4 is 11.3 Å². The third-order valence-corrected chi connectivity index (χ3v) is 3.78. The fraction of sp³-hybridized carbons (Fsp3) is 0.692. The summed E-state index contributed by atoms with van der Waals surface area (Å²) in [7, 11) is 1.65. The molecule has 1 aromatic rings. The molecule has 98 valence electrons. The van der Waals surface area contributed by atoms with Gasteiger partial charge in [-0.15, -0.1) is 11.3 Å². The van der Waals surface area contributed by atoms with E-state index < -0.39 is 0 Å². The van der Waals surface area contributed by atoms with Gasteiger partial charge in [0.2, 0.25) is 0 Å². The molecule has 0 bridgehead atoms. The van der Waals surface area contributed by atoms with E-state index in [9.17, 15) is 5.11 Å². The molecular formula is C13H22O3S. The van der Waals surface area contributed by atoms with Gasteiger partial charge in [-0.1, -0.05) is 6.92 Å². The fourth-order valence-electron chi connectivity index (χ4n) is 1.52. The lowest BCUT2D eigenvalue weighted by atomic mass is 10.2. The van der Waals surface area contributed by atoms with Crippen molar-refractivity contribution in [1.82, 2.24) is 0 Å². The number of hydrogen-bond donors (Lipinski definition) is 1. The van der Waals surface area contributed by atoms with Crippen molar-refractivity contribution < 1.29 is 14.6 Å². The molecule has 0 aliphatic carbocycles. The van der Waals surface area contributed by atoms with E-state index in [1.165, 1.54) is 9.75 Å². The van der Waals surface area contributed by atoms with E-state index in [4.69, 9.17) is 9.47 Å². The van der Waals surface area contributed by atoms with Crippen molar-refractivity contribution in [1.29, 1.82) is 0 Å². The monoisotopic (exact) mass is 258 g/mol. The van der Waals surface area contributed by atoms with Gasteiger partial charge in [-0.05, 0) is 25.0 Å². The third kappa shape index (κ3) is 6.17. The highest BCUT2D eigenvalue weighted by molar-refractivity contribution is 7.11. The lowest BCUT2D eigenvalue weighted by Gasteiger charge is -2.09. The zero-order chi connectivity index (χ0) is 12.5. The van der Waals surface area contributed by atoms with Gasteiger partial charge in [-0.3, -0.25) is 0 Å². The van der Waals surface area contributed by atoms with Crippen LogP contribution in [0.25, 0.3) is 0 Å². The van der Waals surface area contributed by atoms with Gasteiger partial charge in [0.25, 0.3) is 0 Å². The van der Waals surface area contributed by atoms with Gasteiger partial charge in [0.15, 0.2) is 0 Å². The summed E-state index contributed by atoms with van der Waals surface area (Å²) in [4.78, 5) is 2.63. The Morgan fingerprint density at radius 3 is 2.65 bits per heavy atom. The molecule has 0 amide bonds.